The van der Waals surface area contributed by atoms with E-state index in [2.05, 4.69) is 54.5 Å². The smallest absolute Gasteiger partial charge is 0.437 e. The molecule has 1 fully saturated rings. The molecule has 1 aliphatic heterocycles. The van der Waals surface area contributed by atoms with Crippen LogP contribution in [0.2, 0.25) is 0 Å². The maximum atomic E-state index is 12.7. The Morgan fingerprint density at radius 1 is 1.02 bits per heavy atom. The summed E-state index contributed by atoms with van der Waals surface area (Å²) >= 11 is 0. The lowest BCUT2D eigenvalue weighted by Gasteiger charge is -2.36. The Bertz CT molecular complexity index is 1900. The van der Waals surface area contributed by atoms with Gasteiger partial charge in [0.05, 0.1) is 0 Å². The first kappa shape index (κ1) is 31.6. The standard InChI is InChI=1S/C36H39N7O4/c1-38-22-26-10-12-31-30(19-26)27(23-39-31)9-5-6-14-42-15-17-43(18-16-42)29-11-13-32-28(20-29)21-33(47-32)34(44)40-35(37)41-36(45)46-24-25-7-3-2-4-8-25/h2-4,7-8,10-13,19-23,39H,5-6,9,14-18,24H2,1H3,(H3,37,40,41,44,45). The largest absolute Gasteiger partial charge is 0.451 e. The molecule has 0 aliphatic carbocycles. The highest BCUT2D eigenvalue weighted by molar-refractivity contribution is 6.07. The number of unbranched alkanes of at least 4 members (excludes halogenated alkanes) is 1. The van der Waals surface area contributed by atoms with Gasteiger partial charge in [-0.05, 0) is 78.9 Å². The summed E-state index contributed by atoms with van der Waals surface area (Å²) in [6, 6.07) is 23.2. The number of benzene rings is 3. The normalized spacial score (nSPS) is 14.3. The number of aliphatic imine (C=N–C) groups is 2. The van der Waals surface area contributed by atoms with E-state index in [4.69, 9.17) is 14.9 Å². The lowest BCUT2D eigenvalue weighted by molar-refractivity contribution is 0.0951. The quantitative estimate of drug-likeness (QED) is 0.105. The molecule has 11 heteroatoms. The van der Waals surface area contributed by atoms with Gasteiger partial charge in [-0.2, -0.15) is 0 Å². The first-order valence-corrected chi connectivity index (χ1v) is 15.8. The predicted octanol–water partition coefficient (Wildman–Crippen LogP) is 5.49. The summed E-state index contributed by atoms with van der Waals surface area (Å²) in [6.07, 6.45) is 6.48. The van der Waals surface area contributed by atoms with E-state index in [1.165, 1.54) is 16.5 Å². The Hall–Kier alpha value is -5.42. The van der Waals surface area contributed by atoms with Crippen molar-refractivity contribution in [2.45, 2.75) is 25.9 Å². The molecule has 4 N–H and O–H groups in total. The van der Waals surface area contributed by atoms with Crippen LogP contribution in [0.15, 0.2) is 93.4 Å². The van der Waals surface area contributed by atoms with E-state index in [0.29, 0.717) is 5.58 Å². The summed E-state index contributed by atoms with van der Waals surface area (Å²) < 4.78 is 10.8. The number of amides is 2. The Labute approximate surface area is 273 Å². The lowest BCUT2D eigenvalue weighted by atomic mass is 10.0. The van der Waals surface area contributed by atoms with E-state index in [9.17, 15) is 9.59 Å². The number of ether oxygens (including phenoxy) is 1. The number of guanidine groups is 1. The fraction of sp³-hybridized carbons (Fsp3) is 0.278. The molecule has 2 amide bonds. The summed E-state index contributed by atoms with van der Waals surface area (Å²) in [5.41, 5.74) is 11.9. The third-order valence-corrected chi connectivity index (χ3v) is 8.36. The van der Waals surface area contributed by atoms with Crippen molar-refractivity contribution in [3.63, 3.8) is 0 Å². The van der Waals surface area contributed by atoms with Crippen LogP contribution in [-0.2, 0) is 17.8 Å². The lowest BCUT2D eigenvalue weighted by Crippen LogP contribution is -2.46. The number of anilines is 1. The molecule has 3 aromatic carbocycles. The summed E-state index contributed by atoms with van der Waals surface area (Å²) in [7, 11) is 1.80. The summed E-state index contributed by atoms with van der Waals surface area (Å²) in [5.74, 6) is -0.906. The van der Waals surface area contributed by atoms with Gasteiger partial charge in [0.25, 0.3) is 5.91 Å². The highest BCUT2D eigenvalue weighted by Gasteiger charge is 2.19. The average Bonchev–Trinajstić information content (AvgIpc) is 3.70. The number of aryl methyl sites for hydroxylation is 1. The van der Waals surface area contributed by atoms with E-state index < -0.39 is 12.0 Å². The summed E-state index contributed by atoms with van der Waals surface area (Å²) in [6.45, 7) is 4.98. The van der Waals surface area contributed by atoms with Crippen LogP contribution >= 0.6 is 0 Å². The topological polar surface area (TPSA) is 142 Å². The minimum Gasteiger partial charge on any atom is -0.451 e. The third kappa shape index (κ3) is 8.06. The second-order valence-electron chi connectivity index (χ2n) is 11.6. The zero-order valence-electron chi connectivity index (χ0n) is 26.4. The first-order valence-electron chi connectivity index (χ1n) is 15.8. The van der Waals surface area contributed by atoms with Crippen LogP contribution in [-0.4, -0.2) is 73.8 Å². The van der Waals surface area contributed by atoms with E-state index in [1.807, 2.05) is 54.7 Å². The zero-order valence-corrected chi connectivity index (χ0v) is 26.4. The van der Waals surface area contributed by atoms with Crippen LogP contribution in [0, 0.1) is 0 Å². The van der Waals surface area contributed by atoms with Crippen molar-refractivity contribution < 1.29 is 18.7 Å². The number of nitrogens with zero attached hydrogens (tertiary/aromatic N) is 4. The van der Waals surface area contributed by atoms with Crippen molar-refractivity contribution >= 4 is 51.7 Å². The number of carbonyl (C=O) groups is 2. The van der Waals surface area contributed by atoms with Crippen LogP contribution in [0.4, 0.5) is 10.5 Å². The van der Waals surface area contributed by atoms with Crippen molar-refractivity contribution in [3.8, 4) is 0 Å². The number of aromatic amines is 1. The molecule has 5 aromatic rings. The van der Waals surface area contributed by atoms with Gasteiger partial charge in [-0.1, -0.05) is 36.4 Å². The van der Waals surface area contributed by atoms with Crippen LogP contribution in [0.3, 0.4) is 0 Å². The highest BCUT2D eigenvalue weighted by atomic mass is 16.5. The van der Waals surface area contributed by atoms with Gasteiger partial charge in [0.1, 0.15) is 12.2 Å². The molecule has 2 aromatic heterocycles. The minimum absolute atomic E-state index is 0.0503. The fourth-order valence-electron chi connectivity index (χ4n) is 5.91. The number of hydrogen-bond donors (Lipinski definition) is 3. The van der Waals surface area contributed by atoms with Crippen molar-refractivity contribution in [2.24, 2.45) is 15.7 Å². The number of furan rings is 1. The molecule has 11 nitrogen and oxygen atoms in total. The van der Waals surface area contributed by atoms with Crippen molar-refractivity contribution in [1.82, 2.24) is 15.2 Å². The second-order valence-corrected chi connectivity index (χ2v) is 11.6. The number of H-pyrrole nitrogens is 1. The van der Waals surface area contributed by atoms with Gasteiger partial charge < -0.3 is 24.8 Å². The number of nitrogens with two attached hydrogens (primary N) is 1. The van der Waals surface area contributed by atoms with Crippen LogP contribution in [0.5, 0.6) is 0 Å². The van der Waals surface area contributed by atoms with Gasteiger partial charge in [-0.3, -0.25) is 20.0 Å². The molecule has 6 rings (SSSR count). The summed E-state index contributed by atoms with van der Waals surface area (Å²) in [5, 5.41) is 4.47. The predicted molar refractivity (Wildman–Crippen MR) is 185 cm³/mol. The van der Waals surface area contributed by atoms with Gasteiger partial charge in [0.15, 0.2) is 5.76 Å². The number of nitrogens with one attached hydrogen (secondary N) is 2. The monoisotopic (exact) mass is 633 g/mol. The molecular weight excluding hydrogens is 594 g/mol. The minimum atomic E-state index is -0.900. The van der Waals surface area contributed by atoms with E-state index >= 15 is 0 Å². The van der Waals surface area contributed by atoms with Crippen molar-refractivity contribution in [2.75, 3.05) is 44.7 Å². The van der Waals surface area contributed by atoms with Crippen LogP contribution < -0.4 is 16.0 Å². The number of carbonyl (C=O) groups excluding carboxylic acids is 2. The molecule has 0 radical (unpaired) electrons. The van der Waals surface area contributed by atoms with E-state index in [1.54, 1.807) is 13.1 Å². The maximum absolute atomic E-state index is 12.7. The molecule has 0 unspecified atom stereocenters. The number of piperazine rings is 1. The molecule has 1 saturated heterocycles. The number of fused-ring (bicyclic) bond motifs is 2. The number of rotatable bonds is 10. The molecule has 1 aliphatic rings. The number of aromatic nitrogens is 1. The SMILES string of the molecule is CN=Cc1ccc2[nH]cc(CCCCN3CCN(c4ccc5oc(C(=O)N/C(N)=N/C(=O)OCc6ccccc6)cc5c4)CC3)c2c1. The Balaban J connectivity index is 0.956. The molecule has 3 heterocycles. The van der Waals surface area contributed by atoms with Crippen LogP contribution in [0.25, 0.3) is 21.9 Å². The van der Waals surface area contributed by atoms with Gasteiger partial charge in [-0.25, -0.2) is 4.79 Å². The maximum Gasteiger partial charge on any atom is 0.437 e. The van der Waals surface area contributed by atoms with E-state index in [-0.39, 0.29) is 18.3 Å². The molecular formula is C36H39N7O4. The third-order valence-electron chi connectivity index (χ3n) is 8.36. The van der Waals surface area contributed by atoms with Crippen molar-refractivity contribution in [3.05, 3.63) is 101 Å². The Morgan fingerprint density at radius 2 is 1.85 bits per heavy atom. The van der Waals surface area contributed by atoms with E-state index in [0.717, 1.165) is 74.2 Å². The second kappa shape index (κ2) is 14.8. The Morgan fingerprint density at radius 3 is 2.66 bits per heavy atom. The zero-order chi connectivity index (χ0) is 32.6. The Kier molecular flexibility index (Phi) is 9.93. The average molecular weight is 634 g/mol. The number of hydrogen-bond acceptors (Lipinski definition) is 7. The summed E-state index contributed by atoms with van der Waals surface area (Å²) in [4.78, 5) is 40.8. The van der Waals surface area contributed by atoms with Gasteiger partial charge >= 0.3 is 6.09 Å². The fourth-order valence-corrected chi connectivity index (χ4v) is 5.91. The van der Waals surface area contributed by atoms with Crippen LogP contribution in [0.1, 0.15) is 40.1 Å². The van der Waals surface area contributed by atoms with Crippen molar-refractivity contribution in [1.29, 1.82) is 0 Å². The van der Waals surface area contributed by atoms with Gasteiger partial charge in [-0.15, -0.1) is 4.99 Å². The highest BCUT2D eigenvalue weighted by Crippen LogP contribution is 2.26. The van der Waals surface area contributed by atoms with Gasteiger partial charge in [0, 0.05) is 67.6 Å². The molecule has 47 heavy (non-hydrogen) atoms. The molecule has 0 spiro atoms. The molecule has 0 bridgehead atoms. The molecule has 0 saturated carbocycles. The molecule has 0 atom stereocenters. The molecule has 242 valence electrons. The van der Waals surface area contributed by atoms with Gasteiger partial charge in [0.2, 0.25) is 5.96 Å². The first-order chi connectivity index (χ1) is 22.9.